The molecule has 1 spiro atoms. The molecule has 11 nitrogen and oxygen atoms in total. The highest BCUT2D eigenvalue weighted by Crippen LogP contribution is 2.59. The topological polar surface area (TPSA) is 126 Å². The quantitative estimate of drug-likeness (QED) is 0.147. The van der Waals surface area contributed by atoms with E-state index in [2.05, 4.69) is 13.2 Å². The average Bonchev–Trinajstić information content (AvgIpc) is 3.78. The van der Waals surface area contributed by atoms with Crippen LogP contribution < -0.4 is 9.64 Å². The number of aliphatic hydroxyl groups is 1. The molecule has 3 amide bonds. The summed E-state index contributed by atoms with van der Waals surface area (Å²) in [6, 6.07) is 14.8. The highest BCUT2D eigenvalue weighted by atomic mass is 16.6. The Morgan fingerprint density at radius 3 is 2.46 bits per heavy atom. The number of ether oxygens (including phenoxy) is 3. The molecule has 2 bridgehead atoms. The van der Waals surface area contributed by atoms with E-state index in [4.69, 9.17) is 14.2 Å². The second-order valence-corrected chi connectivity index (χ2v) is 13.3. The number of nitrogens with zero attached hydrogens (tertiary/aromatic N) is 3. The van der Waals surface area contributed by atoms with E-state index < -0.39 is 47.7 Å². The van der Waals surface area contributed by atoms with Gasteiger partial charge in [-0.15, -0.1) is 13.2 Å². The van der Waals surface area contributed by atoms with Crippen LogP contribution in [0.5, 0.6) is 5.75 Å². The summed E-state index contributed by atoms with van der Waals surface area (Å²) in [5, 5.41) is 9.53. The molecule has 3 aliphatic heterocycles. The molecule has 50 heavy (non-hydrogen) atoms. The highest BCUT2D eigenvalue weighted by Gasteiger charge is 2.75. The van der Waals surface area contributed by atoms with Crippen molar-refractivity contribution in [3.05, 3.63) is 85.5 Å². The lowest BCUT2D eigenvalue weighted by Gasteiger charge is -2.37. The summed E-state index contributed by atoms with van der Waals surface area (Å²) in [7, 11) is 3.25. The van der Waals surface area contributed by atoms with Gasteiger partial charge in [-0.3, -0.25) is 19.2 Å². The van der Waals surface area contributed by atoms with Crippen LogP contribution in [0.3, 0.4) is 0 Å². The van der Waals surface area contributed by atoms with Gasteiger partial charge in [0.15, 0.2) is 0 Å². The Morgan fingerprint density at radius 2 is 1.82 bits per heavy atom. The first-order valence-corrected chi connectivity index (χ1v) is 17.4. The van der Waals surface area contributed by atoms with Gasteiger partial charge in [0.25, 0.3) is 5.91 Å². The van der Waals surface area contributed by atoms with Crippen LogP contribution in [0, 0.1) is 11.8 Å². The third-order valence-corrected chi connectivity index (χ3v) is 10.5. The van der Waals surface area contributed by atoms with Crippen molar-refractivity contribution in [2.45, 2.75) is 75.3 Å². The van der Waals surface area contributed by atoms with Gasteiger partial charge in [0.2, 0.25) is 11.8 Å². The van der Waals surface area contributed by atoms with Gasteiger partial charge in [0.05, 0.1) is 31.1 Å². The number of hydrogen-bond donors (Lipinski definition) is 1. The van der Waals surface area contributed by atoms with Crippen molar-refractivity contribution in [1.29, 1.82) is 0 Å². The predicted octanol–water partition coefficient (Wildman–Crippen LogP) is 4.46. The van der Waals surface area contributed by atoms with Crippen LogP contribution >= 0.6 is 0 Å². The minimum atomic E-state index is -1.24. The Hall–Kier alpha value is -4.48. The van der Waals surface area contributed by atoms with Gasteiger partial charge >= 0.3 is 5.97 Å². The third-order valence-electron chi connectivity index (χ3n) is 10.5. The number of aliphatic hydroxyl groups excluding tert-OH is 1. The molecule has 0 saturated carbocycles. The molecule has 7 atom stereocenters. The zero-order valence-corrected chi connectivity index (χ0v) is 29.2. The number of methoxy groups -OCH3 is 1. The number of rotatable bonds is 17. The summed E-state index contributed by atoms with van der Waals surface area (Å²) in [6.45, 7) is 9.76. The van der Waals surface area contributed by atoms with E-state index in [0.29, 0.717) is 49.1 Å². The number of fused-ring (bicyclic) bond motifs is 1. The van der Waals surface area contributed by atoms with Gasteiger partial charge in [-0.1, -0.05) is 42.5 Å². The van der Waals surface area contributed by atoms with Crippen LogP contribution in [0.15, 0.2) is 79.9 Å². The molecule has 5 rings (SSSR count). The number of benzene rings is 2. The molecule has 3 heterocycles. The molecule has 0 unspecified atom stereocenters. The zero-order valence-electron chi connectivity index (χ0n) is 29.2. The van der Waals surface area contributed by atoms with Crippen LogP contribution in [0.4, 0.5) is 5.69 Å². The molecule has 0 radical (unpaired) electrons. The van der Waals surface area contributed by atoms with Gasteiger partial charge < -0.3 is 34.0 Å². The highest BCUT2D eigenvalue weighted by molar-refractivity contribution is 6.04. The first-order chi connectivity index (χ1) is 24.1. The maximum Gasteiger partial charge on any atom is 0.313 e. The van der Waals surface area contributed by atoms with Crippen molar-refractivity contribution in [3.63, 3.8) is 0 Å². The average molecular weight is 688 g/mol. The molecule has 268 valence electrons. The Kier molecular flexibility index (Phi) is 11.8. The second-order valence-electron chi connectivity index (χ2n) is 13.3. The van der Waals surface area contributed by atoms with E-state index in [-0.39, 0.29) is 43.8 Å². The van der Waals surface area contributed by atoms with Crippen LogP contribution in [0.1, 0.15) is 57.1 Å². The van der Waals surface area contributed by atoms with Crippen molar-refractivity contribution >= 4 is 29.4 Å². The standard InChI is InChI=1S/C39H49N3O8/c1-6-8-16-31(44)40(4)26(3)34(27-14-10-9-11-15-27)49-38(47)32-30-21-22-39(50-30)33(32)36(45)42(24-12-13-25-43)35(39)37(46)41(23-7-2)28-17-19-29(48-5)20-18-28/h6-7,9-11,14-15,17-20,26,30,32-35,43H,1-2,8,12-13,16,21-25H2,3-5H3/t26-,30-,32+,33+,34+,35-,39+/m0/s1. The number of anilines is 1. The van der Waals surface area contributed by atoms with E-state index in [1.165, 1.54) is 0 Å². The Morgan fingerprint density at radius 1 is 1.10 bits per heavy atom. The summed E-state index contributed by atoms with van der Waals surface area (Å²) in [6.07, 6.45) is 4.51. The zero-order chi connectivity index (χ0) is 36.0. The van der Waals surface area contributed by atoms with Crippen molar-refractivity contribution < 1.29 is 38.5 Å². The van der Waals surface area contributed by atoms with E-state index in [1.807, 2.05) is 37.3 Å². The van der Waals surface area contributed by atoms with Gasteiger partial charge in [-0.2, -0.15) is 0 Å². The summed E-state index contributed by atoms with van der Waals surface area (Å²) >= 11 is 0. The number of amides is 3. The smallest absolute Gasteiger partial charge is 0.313 e. The molecule has 3 saturated heterocycles. The molecule has 2 aromatic carbocycles. The number of likely N-dealkylation sites (tertiary alicyclic amines) is 1. The fourth-order valence-corrected chi connectivity index (χ4v) is 7.82. The number of allylic oxidation sites excluding steroid dienone is 1. The number of unbranched alkanes of at least 4 members (excludes halogenated alkanes) is 1. The largest absolute Gasteiger partial charge is 0.497 e. The molecule has 0 aliphatic carbocycles. The number of esters is 1. The summed E-state index contributed by atoms with van der Waals surface area (Å²) in [4.78, 5) is 61.3. The lowest BCUT2D eigenvalue weighted by atomic mass is 9.70. The Bertz CT molecular complexity index is 1550. The fourth-order valence-electron chi connectivity index (χ4n) is 7.82. The third kappa shape index (κ3) is 6.93. The molecule has 3 fully saturated rings. The maximum absolute atomic E-state index is 14.7. The van der Waals surface area contributed by atoms with E-state index >= 15 is 0 Å². The second kappa shape index (κ2) is 16.0. The number of hydrogen-bond acceptors (Lipinski definition) is 8. The van der Waals surface area contributed by atoms with Gasteiger partial charge in [0.1, 0.15) is 23.5 Å². The summed E-state index contributed by atoms with van der Waals surface area (Å²) < 4.78 is 18.3. The molecule has 3 aliphatic rings. The van der Waals surface area contributed by atoms with Crippen LogP contribution in [-0.2, 0) is 28.7 Å². The number of likely N-dealkylation sites (N-methyl/N-ethyl adjacent to an activating group) is 1. The lowest BCUT2D eigenvalue weighted by molar-refractivity contribution is -0.164. The fraction of sp³-hybridized carbons (Fsp3) is 0.487. The predicted molar refractivity (Wildman–Crippen MR) is 188 cm³/mol. The van der Waals surface area contributed by atoms with Crippen LogP contribution in [-0.4, -0.2) is 96.2 Å². The molecule has 1 N–H and O–H groups in total. The summed E-state index contributed by atoms with van der Waals surface area (Å²) in [5.74, 6) is -2.61. The normalized spacial score (nSPS) is 24.6. The van der Waals surface area contributed by atoms with E-state index in [0.717, 1.165) is 0 Å². The minimum absolute atomic E-state index is 0.0548. The number of carbonyl (C=O) groups excluding carboxylic acids is 4. The lowest BCUT2D eigenvalue weighted by Crippen LogP contribution is -2.56. The van der Waals surface area contributed by atoms with Crippen LogP contribution in [0.2, 0.25) is 0 Å². The van der Waals surface area contributed by atoms with Crippen molar-refractivity contribution in [2.75, 3.05) is 38.8 Å². The molecule has 2 aromatic rings. The number of carbonyl (C=O) groups is 4. The SMILES string of the molecule is C=CCCC(=O)N(C)[C@@H](C)[C@@H](OC(=O)[C@@H]1[C@@H]2CC[C@]3(O2)[C@H](C(=O)N(CC=C)c2ccc(OC)cc2)N(CCCCO)C(=O)[C@@H]13)c1ccccc1. The minimum Gasteiger partial charge on any atom is -0.497 e. The van der Waals surface area contributed by atoms with Crippen molar-refractivity contribution in [2.24, 2.45) is 11.8 Å². The van der Waals surface area contributed by atoms with Gasteiger partial charge in [0, 0.05) is 38.9 Å². The summed E-state index contributed by atoms with van der Waals surface area (Å²) in [5.41, 5.74) is 0.0820. The van der Waals surface area contributed by atoms with E-state index in [1.54, 1.807) is 65.3 Å². The van der Waals surface area contributed by atoms with Crippen molar-refractivity contribution in [3.8, 4) is 5.75 Å². The monoisotopic (exact) mass is 687 g/mol. The molecule has 11 heteroatoms. The van der Waals surface area contributed by atoms with Crippen molar-refractivity contribution in [1.82, 2.24) is 9.80 Å². The van der Waals surface area contributed by atoms with Gasteiger partial charge in [-0.05, 0) is 68.9 Å². The van der Waals surface area contributed by atoms with Crippen LogP contribution in [0.25, 0.3) is 0 Å². The Labute approximate surface area is 294 Å². The van der Waals surface area contributed by atoms with Gasteiger partial charge in [-0.25, -0.2) is 0 Å². The molecular formula is C39H49N3O8. The molecular weight excluding hydrogens is 638 g/mol. The molecule has 0 aromatic heterocycles. The maximum atomic E-state index is 14.7. The van der Waals surface area contributed by atoms with E-state index in [9.17, 15) is 24.3 Å². The first kappa shape index (κ1) is 36.8. The Balaban J connectivity index is 1.48. The first-order valence-electron chi connectivity index (χ1n) is 17.4.